The van der Waals surface area contributed by atoms with E-state index < -0.39 is 0 Å². The summed E-state index contributed by atoms with van der Waals surface area (Å²) < 4.78 is 0. The topological polar surface area (TPSA) is 58.4 Å². The number of para-hydroxylation sites is 2. The van der Waals surface area contributed by atoms with Crippen molar-refractivity contribution in [3.8, 4) is 0 Å². The minimum atomic E-state index is -0.0287. The van der Waals surface area contributed by atoms with Crippen molar-refractivity contribution in [1.29, 1.82) is 0 Å². The number of nitrogens with two attached hydrogens (primary N) is 1. The summed E-state index contributed by atoms with van der Waals surface area (Å²) in [5.74, 6) is -0.0287. The van der Waals surface area contributed by atoms with Crippen molar-refractivity contribution in [2.45, 2.75) is 0 Å². The molecule has 0 saturated carbocycles. The number of hydrogen-bond donors (Lipinski definition) is 2. The van der Waals surface area contributed by atoms with E-state index in [1.165, 1.54) is 0 Å². The van der Waals surface area contributed by atoms with Crippen LogP contribution >= 0.6 is 12.4 Å². The van der Waals surface area contributed by atoms with Crippen molar-refractivity contribution in [3.05, 3.63) is 24.3 Å². The monoisotopic (exact) mass is 227 g/mol. The Morgan fingerprint density at radius 1 is 1.47 bits per heavy atom. The van der Waals surface area contributed by atoms with Gasteiger partial charge in [-0.2, -0.15) is 0 Å². The first kappa shape index (κ1) is 11.8. The van der Waals surface area contributed by atoms with Gasteiger partial charge in [-0.25, -0.2) is 0 Å². The molecule has 1 heterocycles. The number of hydrogen-bond acceptors (Lipinski definition) is 3. The van der Waals surface area contributed by atoms with E-state index in [0.717, 1.165) is 17.9 Å². The van der Waals surface area contributed by atoms with Gasteiger partial charge in [-0.3, -0.25) is 4.79 Å². The first-order valence-corrected chi connectivity index (χ1v) is 4.66. The van der Waals surface area contributed by atoms with Crippen molar-refractivity contribution >= 4 is 29.7 Å². The Kier molecular flexibility index (Phi) is 3.94. The molecule has 2 rings (SSSR count). The van der Waals surface area contributed by atoms with Gasteiger partial charge in [0.15, 0.2) is 0 Å². The molecule has 1 aromatic rings. The zero-order valence-electron chi connectivity index (χ0n) is 8.27. The molecule has 0 saturated heterocycles. The van der Waals surface area contributed by atoms with Crippen LogP contribution in [0.4, 0.5) is 11.4 Å². The second-order valence-corrected chi connectivity index (χ2v) is 3.19. The van der Waals surface area contributed by atoms with Gasteiger partial charge in [0.25, 0.3) is 0 Å². The molecule has 0 atom stereocenters. The first-order valence-electron chi connectivity index (χ1n) is 4.66. The molecule has 0 aliphatic carbocycles. The van der Waals surface area contributed by atoms with E-state index in [9.17, 15) is 4.79 Å². The van der Waals surface area contributed by atoms with E-state index >= 15 is 0 Å². The summed E-state index contributed by atoms with van der Waals surface area (Å²) in [5.41, 5.74) is 7.27. The molecule has 3 N–H and O–H groups in total. The summed E-state index contributed by atoms with van der Waals surface area (Å²) in [6.07, 6.45) is 0. The second-order valence-electron chi connectivity index (χ2n) is 3.19. The lowest BCUT2D eigenvalue weighted by atomic mass is 10.2. The van der Waals surface area contributed by atoms with Gasteiger partial charge in [0.1, 0.15) is 0 Å². The van der Waals surface area contributed by atoms with E-state index in [-0.39, 0.29) is 24.9 Å². The Morgan fingerprint density at radius 2 is 2.20 bits per heavy atom. The molecule has 0 radical (unpaired) electrons. The molecular formula is C10H14ClN3O. The van der Waals surface area contributed by atoms with Crippen LogP contribution < -0.4 is 16.0 Å². The predicted octanol–water partition coefficient (Wildman–Crippen LogP) is 0.826. The molecule has 1 aliphatic rings. The zero-order chi connectivity index (χ0) is 9.97. The van der Waals surface area contributed by atoms with Gasteiger partial charge in [-0.1, -0.05) is 12.1 Å². The molecular weight excluding hydrogens is 214 g/mol. The molecule has 0 unspecified atom stereocenters. The normalized spacial score (nSPS) is 13.5. The van der Waals surface area contributed by atoms with Crippen LogP contribution in [0.25, 0.3) is 0 Å². The third-order valence-electron chi connectivity index (χ3n) is 2.32. The number of nitrogens with one attached hydrogen (secondary N) is 1. The van der Waals surface area contributed by atoms with Crippen molar-refractivity contribution in [2.24, 2.45) is 5.73 Å². The molecule has 4 nitrogen and oxygen atoms in total. The minimum Gasteiger partial charge on any atom is -0.382 e. The molecule has 82 valence electrons. The number of benzene rings is 1. The van der Waals surface area contributed by atoms with Gasteiger partial charge in [-0.05, 0) is 12.1 Å². The van der Waals surface area contributed by atoms with Crippen LogP contribution in [0.5, 0.6) is 0 Å². The van der Waals surface area contributed by atoms with Crippen molar-refractivity contribution in [2.75, 3.05) is 29.9 Å². The fourth-order valence-electron chi connectivity index (χ4n) is 1.65. The predicted molar refractivity (Wildman–Crippen MR) is 63.6 cm³/mol. The third kappa shape index (κ3) is 2.22. The summed E-state index contributed by atoms with van der Waals surface area (Å²) in [7, 11) is 0. The number of fused-ring (bicyclic) bond motifs is 1. The summed E-state index contributed by atoms with van der Waals surface area (Å²) in [4.78, 5) is 13.2. The van der Waals surface area contributed by atoms with E-state index in [4.69, 9.17) is 5.73 Å². The lowest BCUT2D eigenvalue weighted by Crippen LogP contribution is -2.42. The number of carbonyl (C=O) groups is 1. The van der Waals surface area contributed by atoms with Crippen LogP contribution in [-0.2, 0) is 4.79 Å². The highest BCUT2D eigenvalue weighted by atomic mass is 35.5. The number of rotatable bonds is 1. The van der Waals surface area contributed by atoms with Crippen LogP contribution in [0.15, 0.2) is 24.3 Å². The highest BCUT2D eigenvalue weighted by Crippen LogP contribution is 2.27. The largest absolute Gasteiger partial charge is 0.382 e. The SMILES string of the molecule is Cl.NCC(=O)N1CCNc2ccccc21. The first-order chi connectivity index (χ1) is 6.83. The van der Waals surface area contributed by atoms with Gasteiger partial charge < -0.3 is 16.0 Å². The number of nitrogens with zero attached hydrogens (tertiary/aromatic N) is 1. The van der Waals surface area contributed by atoms with E-state index in [0.29, 0.717) is 6.54 Å². The molecule has 5 heteroatoms. The van der Waals surface area contributed by atoms with Gasteiger partial charge in [-0.15, -0.1) is 12.4 Å². The maximum Gasteiger partial charge on any atom is 0.240 e. The van der Waals surface area contributed by atoms with Crippen molar-refractivity contribution in [3.63, 3.8) is 0 Å². The number of anilines is 2. The van der Waals surface area contributed by atoms with E-state index in [1.54, 1.807) is 4.90 Å². The summed E-state index contributed by atoms with van der Waals surface area (Å²) >= 11 is 0. The quantitative estimate of drug-likeness (QED) is 0.747. The maximum absolute atomic E-state index is 11.5. The van der Waals surface area contributed by atoms with Crippen molar-refractivity contribution in [1.82, 2.24) is 0 Å². The standard InChI is InChI=1S/C10H13N3O.ClH/c11-7-10(14)13-6-5-12-8-3-1-2-4-9(8)13;/h1-4,12H,5-7,11H2;1H. The number of halogens is 1. The summed E-state index contributed by atoms with van der Waals surface area (Å²) in [5, 5.41) is 3.24. The molecule has 1 amide bonds. The van der Waals surface area contributed by atoms with E-state index in [1.807, 2.05) is 24.3 Å². The van der Waals surface area contributed by atoms with Gasteiger partial charge in [0.05, 0.1) is 17.9 Å². The Morgan fingerprint density at radius 3 is 2.93 bits per heavy atom. The molecule has 1 aromatic carbocycles. The highest BCUT2D eigenvalue weighted by molar-refractivity contribution is 5.98. The Labute approximate surface area is 94.8 Å². The number of carbonyl (C=O) groups excluding carboxylic acids is 1. The van der Waals surface area contributed by atoms with Gasteiger partial charge in [0, 0.05) is 13.1 Å². The second kappa shape index (κ2) is 5.00. The Balaban J connectivity index is 0.00000112. The van der Waals surface area contributed by atoms with Crippen LogP contribution in [0.2, 0.25) is 0 Å². The molecule has 15 heavy (non-hydrogen) atoms. The fourth-order valence-corrected chi connectivity index (χ4v) is 1.65. The Hall–Kier alpha value is -1.26. The average molecular weight is 228 g/mol. The third-order valence-corrected chi connectivity index (χ3v) is 2.32. The van der Waals surface area contributed by atoms with Gasteiger partial charge >= 0.3 is 0 Å². The molecule has 0 spiro atoms. The molecule has 1 aliphatic heterocycles. The number of amides is 1. The smallest absolute Gasteiger partial charge is 0.240 e. The molecule has 0 fully saturated rings. The lowest BCUT2D eigenvalue weighted by molar-refractivity contribution is -0.117. The van der Waals surface area contributed by atoms with Crippen LogP contribution in [0.3, 0.4) is 0 Å². The average Bonchev–Trinajstić information content (AvgIpc) is 2.27. The minimum absolute atomic E-state index is 0. The maximum atomic E-state index is 11.5. The van der Waals surface area contributed by atoms with Gasteiger partial charge in [0.2, 0.25) is 5.91 Å². The summed E-state index contributed by atoms with van der Waals surface area (Å²) in [6, 6.07) is 7.76. The van der Waals surface area contributed by atoms with Crippen LogP contribution in [0, 0.1) is 0 Å². The summed E-state index contributed by atoms with van der Waals surface area (Å²) in [6.45, 7) is 1.53. The zero-order valence-corrected chi connectivity index (χ0v) is 9.09. The van der Waals surface area contributed by atoms with Crippen molar-refractivity contribution < 1.29 is 4.79 Å². The fraction of sp³-hybridized carbons (Fsp3) is 0.300. The van der Waals surface area contributed by atoms with Crippen LogP contribution in [-0.4, -0.2) is 25.5 Å². The Bertz CT molecular complexity index is 356. The molecule has 0 aromatic heterocycles. The lowest BCUT2D eigenvalue weighted by Gasteiger charge is -2.29. The van der Waals surface area contributed by atoms with E-state index in [2.05, 4.69) is 5.32 Å². The highest BCUT2D eigenvalue weighted by Gasteiger charge is 2.20. The van der Waals surface area contributed by atoms with Crippen LogP contribution in [0.1, 0.15) is 0 Å². The molecule has 0 bridgehead atoms.